The molecule has 0 saturated heterocycles. The Morgan fingerprint density at radius 1 is 1.19 bits per heavy atom. The summed E-state index contributed by atoms with van der Waals surface area (Å²) in [5.41, 5.74) is -1.45. The fraction of sp³-hybridized carbons (Fsp3) is 0.500. The van der Waals surface area contributed by atoms with Crippen molar-refractivity contribution in [3.63, 3.8) is 0 Å². The molecule has 1 atom stereocenters. The highest BCUT2D eigenvalue weighted by molar-refractivity contribution is 7.89. The molecule has 0 amide bonds. The molecule has 1 unspecified atom stereocenters. The average molecular weight is 426 g/mol. The van der Waals surface area contributed by atoms with Crippen LogP contribution >= 0.6 is 11.6 Å². The molecule has 2 rings (SSSR count). The summed E-state index contributed by atoms with van der Waals surface area (Å²) in [5, 5.41) is 7.26. The van der Waals surface area contributed by atoms with Crippen molar-refractivity contribution in [3.05, 3.63) is 40.6 Å². The quantitative estimate of drug-likeness (QED) is 0.724. The standard InChI is InChI=1S/C16H19ClF3N3O3S/c1-9(13-21-22-14(26-13)15(2,3)4)23(5)27(24,25)12-7-6-10(8-11(12)17)16(18,19)20/h6-9H,1-5H3. The molecule has 0 N–H and O–H groups in total. The predicted molar refractivity (Wildman–Crippen MR) is 92.8 cm³/mol. The van der Waals surface area contributed by atoms with Gasteiger partial charge >= 0.3 is 6.18 Å². The molecule has 1 aromatic heterocycles. The van der Waals surface area contributed by atoms with Gasteiger partial charge in [0, 0.05) is 12.5 Å². The molecule has 0 aliphatic carbocycles. The minimum atomic E-state index is -4.63. The Morgan fingerprint density at radius 2 is 1.78 bits per heavy atom. The second-order valence-corrected chi connectivity index (χ2v) is 9.41. The third-order valence-electron chi connectivity index (χ3n) is 3.90. The minimum absolute atomic E-state index is 0.0639. The number of sulfonamides is 1. The van der Waals surface area contributed by atoms with E-state index in [0.717, 1.165) is 10.4 Å². The third kappa shape index (κ3) is 4.44. The molecule has 0 bridgehead atoms. The first-order valence-corrected chi connectivity index (χ1v) is 9.66. The number of aromatic nitrogens is 2. The second-order valence-electron chi connectivity index (χ2n) is 7.04. The summed E-state index contributed by atoms with van der Waals surface area (Å²) in [6, 6.07) is 1.23. The van der Waals surface area contributed by atoms with Gasteiger partial charge in [-0.3, -0.25) is 0 Å². The van der Waals surface area contributed by atoms with Crippen molar-refractivity contribution >= 4 is 21.6 Å². The second kappa shape index (κ2) is 7.06. The SMILES string of the molecule is CC(c1nnc(C(C)(C)C)o1)N(C)S(=O)(=O)c1ccc(C(F)(F)F)cc1Cl. The van der Waals surface area contributed by atoms with E-state index >= 15 is 0 Å². The number of hydrogen-bond acceptors (Lipinski definition) is 5. The molecular formula is C16H19ClF3N3O3S. The third-order valence-corrected chi connectivity index (χ3v) is 6.31. The van der Waals surface area contributed by atoms with Crippen molar-refractivity contribution in [1.82, 2.24) is 14.5 Å². The number of hydrogen-bond donors (Lipinski definition) is 0. The first-order chi connectivity index (χ1) is 12.2. The molecule has 0 aliphatic heterocycles. The predicted octanol–water partition coefficient (Wildman–Crippen LogP) is 4.42. The molecule has 0 saturated carbocycles. The maximum atomic E-state index is 12.8. The van der Waals surface area contributed by atoms with E-state index in [1.165, 1.54) is 14.0 Å². The van der Waals surface area contributed by atoms with Gasteiger partial charge in [-0.05, 0) is 25.1 Å². The summed E-state index contributed by atoms with van der Waals surface area (Å²) in [7, 11) is -2.94. The van der Waals surface area contributed by atoms with E-state index in [1.807, 2.05) is 20.8 Å². The van der Waals surface area contributed by atoms with E-state index in [0.29, 0.717) is 18.0 Å². The molecule has 11 heteroatoms. The first kappa shape index (κ1) is 21.6. The van der Waals surface area contributed by atoms with Crippen LogP contribution < -0.4 is 0 Å². The lowest BCUT2D eigenvalue weighted by Gasteiger charge is -2.22. The molecular weight excluding hydrogens is 407 g/mol. The average Bonchev–Trinajstić information content (AvgIpc) is 3.02. The van der Waals surface area contributed by atoms with E-state index in [2.05, 4.69) is 10.2 Å². The first-order valence-electron chi connectivity index (χ1n) is 7.84. The molecule has 1 heterocycles. The van der Waals surface area contributed by atoms with Crippen LogP contribution in [0.15, 0.2) is 27.5 Å². The van der Waals surface area contributed by atoms with Crippen LogP contribution in [-0.4, -0.2) is 30.0 Å². The van der Waals surface area contributed by atoms with E-state index in [9.17, 15) is 21.6 Å². The number of nitrogens with zero attached hydrogens (tertiary/aromatic N) is 3. The van der Waals surface area contributed by atoms with Gasteiger partial charge in [0.15, 0.2) is 0 Å². The largest absolute Gasteiger partial charge is 0.423 e. The molecule has 1 aromatic carbocycles. The molecule has 0 radical (unpaired) electrons. The lowest BCUT2D eigenvalue weighted by Crippen LogP contribution is -2.30. The topological polar surface area (TPSA) is 76.3 Å². The van der Waals surface area contributed by atoms with Crippen LogP contribution in [0.25, 0.3) is 0 Å². The molecule has 150 valence electrons. The zero-order valence-electron chi connectivity index (χ0n) is 15.3. The fourth-order valence-electron chi connectivity index (χ4n) is 2.11. The molecule has 27 heavy (non-hydrogen) atoms. The normalized spacial score (nSPS) is 14.6. The van der Waals surface area contributed by atoms with Crippen LogP contribution in [-0.2, 0) is 21.6 Å². The monoisotopic (exact) mass is 425 g/mol. The van der Waals surface area contributed by atoms with Crippen molar-refractivity contribution < 1.29 is 26.0 Å². The molecule has 6 nitrogen and oxygen atoms in total. The van der Waals surface area contributed by atoms with Gasteiger partial charge < -0.3 is 4.42 Å². The molecule has 0 aliphatic rings. The summed E-state index contributed by atoms with van der Waals surface area (Å²) in [4.78, 5) is -0.443. The number of benzene rings is 1. The highest BCUT2D eigenvalue weighted by Crippen LogP contribution is 2.35. The van der Waals surface area contributed by atoms with Gasteiger partial charge in [-0.1, -0.05) is 32.4 Å². The highest BCUT2D eigenvalue weighted by atomic mass is 35.5. The van der Waals surface area contributed by atoms with E-state index in [-0.39, 0.29) is 5.89 Å². The summed E-state index contributed by atoms with van der Waals surface area (Å²) < 4.78 is 70.3. The van der Waals surface area contributed by atoms with Crippen LogP contribution in [0.1, 0.15) is 51.1 Å². The van der Waals surface area contributed by atoms with E-state index in [4.69, 9.17) is 16.0 Å². The minimum Gasteiger partial charge on any atom is -0.423 e. The Labute approximate surface area is 160 Å². The smallest absolute Gasteiger partial charge is 0.416 e. The van der Waals surface area contributed by atoms with Gasteiger partial charge in [-0.2, -0.15) is 17.5 Å². The Kier molecular flexibility index (Phi) is 5.66. The van der Waals surface area contributed by atoms with Gasteiger partial charge in [0.25, 0.3) is 0 Å². The van der Waals surface area contributed by atoms with E-state index in [1.54, 1.807) is 0 Å². The van der Waals surface area contributed by atoms with Crippen molar-refractivity contribution in [2.24, 2.45) is 0 Å². The zero-order chi connectivity index (χ0) is 20.8. The van der Waals surface area contributed by atoms with Crippen LogP contribution in [0.4, 0.5) is 13.2 Å². The Morgan fingerprint density at radius 3 is 2.22 bits per heavy atom. The maximum absolute atomic E-state index is 12.8. The molecule has 2 aromatic rings. The Hall–Kier alpha value is -1.65. The Bertz CT molecular complexity index is 936. The lowest BCUT2D eigenvalue weighted by atomic mass is 9.97. The van der Waals surface area contributed by atoms with Gasteiger partial charge in [0.05, 0.1) is 10.6 Å². The summed E-state index contributed by atoms with van der Waals surface area (Å²) in [6.45, 7) is 7.10. The summed E-state index contributed by atoms with van der Waals surface area (Å²) in [6.07, 6.45) is -4.63. The molecule has 0 spiro atoms. The van der Waals surface area contributed by atoms with Crippen LogP contribution in [0.2, 0.25) is 5.02 Å². The lowest BCUT2D eigenvalue weighted by molar-refractivity contribution is -0.137. The molecule has 0 fully saturated rings. The van der Waals surface area contributed by atoms with Crippen LogP contribution in [0.3, 0.4) is 0 Å². The van der Waals surface area contributed by atoms with E-state index < -0.39 is 43.1 Å². The summed E-state index contributed by atoms with van der Waals surface area (Å²) in [5.74, 6) is 0.400. The maximum Gasteiger partial charge on any atom is 0.416 e. The van der Waals surface area contributed by atoms with Crippen molar-refractivity contribution in [2.75, 3.05) is 7.05 Å². The summed E-state index contributed by atoms with van der Waals surface area (Å²) >= 11 is 5.82. The van der Waals surface area contributed by atoms with Crippen molar-refractivity contribution in [2.45, 2.75) is 50.2 Å². The highest BCUT2D eigenvalue weighted by Gasteiger charge is 2.35. The number of alkyl halides is 3. The Balaban J connectivity index is 2.37. The zero-order valence-corrected chi connectivity index (χ0v) is 16.9. The van der Waals surface area contributed by atoms with Crippen LogP contribution in [0.5, 0.6) is 0 Å². The van der Waals surface area contributed by atoms with Gasteiger partial charge in [-0.25, -0.2) is 8.42 Å². The fourth-order valence-corrected chi connectivity index (χ4v) is 3.95. The van der Waals surface area contributed by atoms with Crippen molar-refractivity contribution in [3.8, 4) is 0 Å². The van der Waals surface area contributed by atoms with Gasteiger partial charge in [0.2, 0.25) is 21.8 Å². The van der Waals surface area contributed by atoms with Crippen LogP contribution in [0, 0.1) is 0 Å². The van der Waals surface area contributed by atoms with Gasteiger partial charge in [0.1, 0.15) is 10.9 Å². The number of halogens is 4. The van der Waals surface area contributed by atoms with Gasteiger partial charge in [-0.15, -0.1) is 10.2 Å². The van der Waals surface area contributed by atoms with Crippen molar-refractivity contribution in [1.29, 1.82) is 0 Å². The number of rotatable bonds is 4.